The first-order chi connectivity index (χ1) is 12.7. The highest BCUT2D eigenvalue weighted by Crippen LogP contribution is 2.39. The van der Waals surface area contributed by atoms with E-state index in [4.69, 9.17) is 0 Å². The van der Waals surface area contributed by atoms with E-state index in [2.05, 4.69) is 24.7 Å². The lowest BCUT2D eigenvalue weighted by atomic mass is 10.00. The van der Waals surface area contributed by atoms with Crippen LogP contribution in [0.25, 0.3) is 5.65 Å². The molecule has 0 unspecified atom stereocenters. The van der Waals surface area contributed by atoms with Gasteiger partial charge in [0.05, 0.1) is 5.69 Å². The Hall–Kier alpha value is -2.77. The van der Waals surface area contributed by atoms with E-state index < -0.39 is 6.61 Å². The highest BCUT2D eigenvalue weighted by atomic mass is 19.3. The largest absolute Gasteiger partial charge is 0.435 e. The standard InChI is InChI=1S/C18H17F2N5O/c19-17(20)26-14-4-3-11-5-6-24(9-13(11)7-14)18-22-10-21-16-8-15(12-1-2-12)23-25(16)18/h3-4,7-8,10,12,17H,1-2,5-6,9H2. The molecule has 0 N–H and O–H groups in total. The third-order valence-corrected chi connectivity index (χ3v) is 4.96. The molecule has 0 bridgehead atoms. The van der Waals surface area contributed by atoms with Gasteiger partial charge in [0.2, 0.25) is 5.95 Å². The molecule has 0 spiro atoms. The second-order valence-corrected chi connectivity index (χ2v) is 6.77. The molecule has 0 amide bonds. The molecule has 1 fully saturated rings. The summed E-state index contributed by atoms with van der Waals surface area (Å²) >= 11 is 0. The molecule has 1 saturated carbocycles. The number of fused-ring (bicyclic) bond motifs is 2. The number of alkyl halides is 2. The molecule has 2 aliphatic rings. The molecule has 26 heavy (non-hydrogen) atoms. The lowest BCUT2D eigenvalue weighted by Crippen LogP contribution is -2.32. The predicted molar refractivity (Wildman–Crippen MR) is 90.6 cm³/mol. The van der Waals surface area contributed by atoms with Crippen LogP contribution in [0.5, 0.6) is 5.75 Å². The Morgan fingerprint density at radius 2 is 2.00 bits per heavy atom. The summed E-state index contributed by atoms with van der Waals surface area (Å²) in [5, 5.41) is 4.69. The summed E-state index contributed by atoms with van der Waals surface area (Å²) in [6, 6.07) is 7.16. The number of halogens is 2. The van der Waals surface area contributed by atoms with Crippen molar-refractivity contribution in [3.8, 4) is 5.75 Å². The first-order valence-corrected chi connectivity index (χ1v) is 8.69. The SMILES string of the molecule is FC(F)Oc1ccc2c(c1)CN(c1ncnc3cc(C4CC4)nn13)CC2. The van der Waals surface area contributed by atoms with Gasteiger partial charge in [-0.05, 0) is 42.5 Å². The van der Waals surface area contributed by atoms with Gasteiger partial charge in [-0.2, -0.15) is 18.4 Å². The lowest BCUT2D eigenvalue weighted by Gasteiger charge is -2.29. The Kier molecular flexibility index (Phi) is 3.51. The van der Waals surface area contributed by atoms with Crippen molar-refractivity contribution in [3.63, 3.8) is 0 Å². The van der Waals surface area contributed by atoms with Crippen molar-refractivity contribution in [3.05, 3.63) is 47.4 Å². The van der Waals surface area contributed by atoms with Gasteiger partial charge in [0.25, 0.3) is 0 Å². The van der Waals surface area contributed by atoms with Crippen molar-refractivity contribution in [2.75, 3.05) is 11.4 Å². The van der Waals surface area contributed by atoms with Crippen LogP contribution < -0.4 is 9.64 Å². The molecule has 3 aromatic rings. The Morgan fingerprint density at radius 1 is 1.12 bits per heavy atom. The van der Waals surface area contributed by atoms with Gasteiger partial charge < -0.3 is 9.64 Å². The first kappa shape index (κ1) is 15.5. The Balaban J connectivity index is 1.47. The summed E-state index contributed by atoms with van der Waals surface area (Å²) in [5.41, 5.74) is 3.97. The summed E-state index contributed by atoms with van der Waals surface area (Å²) in [4.78, 5) is 10.9. The molecule has 1 aromatic carbocycles. The van der Waals surface area contributed by atoms with Crippen molar-refractivity contribution in [2.45, 2.75) is 38.3 Å². The highest BCUT2D eigenvalue weighted by Gasteiger charge is 2.28. The molecule has 2 aromatic heterocycles. The number of hydrogen-bond acceptors (Lipinski definition) is 5. The van der Waals surface area contributed by atoms with Crippen LogP contribution in [0, 0.1) is 0 Å². The maximum absolute atomic E-state index is 12.5. The second-order valence-electron chi connectivity index (χ2n) is 6.77. The number of benzene rings is 1. The molecule has 1 aliphatic heterocycles. The predicted octanol–water partition coefficient (Wildman–Crippen LogP) is 3.17. The third-order valence-electron chi connectivity index (χ3n) is 4.96. The van der Waals surface area contributed by atoms with Gasteiger partial charge in [0.1, 0.15) is 12.1 Å². The van der Waals surface area contributed by atoms with Crippen molar-refractivity contribution < 1.29 is 13.5 Å². The highest BCUT2D eigenvalue weighted by molar-refractivity contribution is 5.49. The minimum atomic E-state index is -2.82. The topological polar surface area (TPSA) is 55.5 Å². The molecule has 6 nitrogen and oxygen atoms in total. The molecule has 8 heteroatoms. The van der Waals surface area contributed by atoms with Crippen LogP contribution in [-0.2, 0) is 13.0 Å². The molecular formula is C18H17F2N5O. The van der Waals surface area contributed by atoms with Crippen molar-refractivity contribution in [1.82, 2.24) is 19.6 Å². The van der Waals surface area contributed by atoms with E-state index >= 15 is 0 Å². The normalized spacial score (nSPS) is 17.0. The average Bonchev–Trinajstić information content (AvgIpc) is 3.39. The maximum atomic E-state index is 12.5. The van der Waals surface area contributed by atoms with Crippen LogP contribution in [0.3, 0.4) is 0 Å². The molecule has 3 heterocycles. The molecule has 1 aliphatic carbocycles. The monoisotopic (exact) mass is 357 g/mol. The van der Waals surface area contributed by atoms with Crippen LogP contribution in [0.1, 0.15) is 35.6 Å². The summed E-state index contributed by atoms with van der Waals surface area (Å²) in [6.45, 7) is -1.47. The van der Waals surface area contributed by atoms with Crippen LogP contribution >= 0.6 is 0 Å². The smallest absolute Gasteiger partial charge is 0.387 e. The van der Waals surface area contributed by atoms with Crippen LogP contribution in [0.2, 0.25) is 0 Å². The lowest BCUT2D eigenvalue weighted by molar-refractivity contribution is -0.0499. The summed E-state index contributed by atoms with van der Waals surface area (Å²) in [7, 11) is 0. The first-order valence-electron chi connectivity index (χ1n) is 8.69. The number of nitrogens with zero attached hydrogens (tertiary/aromatic N) is 5. The van der Waals surface area contributed by atoms with E-state index in [9.17, 15) is 8.78 Å². The van der Waals surface area contributed by atoms with E-state index in [-0.39, 0.29) is 5.75 Å². The average molecular weight is 357 g/mol. The van der Waals surface area contributed by atoms with Gasteiger partial charge in [0, 0.05) is 25.1 Å². The van der Waals surface area contributed by atoms with Crippen LogP contribution in [0.15, 0.2) is 30.6 Å². The van der Waals surface area contributed by atoms with Crippen LogP contribution in [0.4, 0.5) is 14.7 Å². The summed E-state index contributed by atoms with van der Waals surface area (Å²) in [5.74, 6) is 1.46. The van der Waals surface area contributed by atoms with Gasteiger partial charge in [-0.25, -0.2) is 9.97 Å². The zero-order valence-electron chi connectivity index (χ0n) is 14.0. The van der Waals surface area contributed by atoms with Gasteiger partial charge in [-0.1, -0.05) is 6.07 Å². The number of rotatable bonds is 4. The fourth-order valence-corrected chi connectivity index (χ4v) is 3.50. The molecule has 134 valence electrons. The van der Waals surface area contributed by atoms with E-state index in [1.54, 1.807) is 23.0 Å². The van der Waals surface area contributed by atoms with E-state index in [0.717, 1.165) is 41.4 Å². The maximum Gasteiger partial charge on any atom is 0.387 e. The molecule has 0 saturated heterocycles. The quantitative estimate of drug-likeness (QED) is 0.718. The number of ether oxygens (including phenoxy) is 1. The van der Waals surface area contributed by atoms with Gasteiger partial charge in [-0.3, -0.25) is 0 Å². The fraction of sp³-hybridized carbons (Fsp3) is 0.389. The number of anilines is 1. The molecular weight excluding hydrogens is 340 g/mol. The zero-order valence-corrected chi connectivity index (χ0v) is 14.0. The van der Waals surface area contributed by atoms with E-state index in [0.29, 0.717) is 12.5 Å². The second kappa shape index (κ2) is 5.89. The fourth-order valence-electron chi connectivity index (χ4n) is 3.50. The van der Waals surface area contributed by atoms with Gasteiger partial charge >= 0.3 is 6.61 Å². The van der Waals surface area contributed by atoms with E-state index in [1.165, 1.54) is 12.8 Å². The zero-order chi connectivity index (χ0) is 17.7. The summed E-state index contributed by atoms with van der Waals surface area (Å²) < 4.78 is 31.3. The van der Waals surface area contributed by atoms with Crippen molar-refractivity contribution in [1.29, 1.82) is 0 Å². The number of aromatic nitrogens is 4. The van der Waals surface area contributed by atoms with E-state index in [1.807, 2.05) is 12.1 Å². The Morgan fingerprint density at radius 3 is 2.81 bits per heavy atom. The molecule has 0 atom stereocenters. The molecule has 5 rings (SSSR count). The van der Waals surface area contributed by atoms with Gasteiger partial charge in [0.15, 0.2) is 5.65 Å². The Labute approximate surface area is 148 Å². The minimum Gasteiger partial charge on any atom is -0.435 e. The third kappa shape index (κ3) is 2.75. The van der Waals surface area contributed by atoms with Crippen molar-refractivity contribution in [2.24, 2.45) is 0 Å². The summed E-state index contributed by atoms with van der Waals surface area (Å²) in [6.07, 6.45) is 4.72. The van der Waals surface area contributed by atoms with Gasteiger partial charge in [-0.15, -0.1) is 0 Å². The number of hydrogen-bond donors (Lipinski definition) is 0. The minimum absolute atomic E-state index is 0.184. The Bertz CT molecular complexity index is 969. The molecule has 0 radical (unpaired) electrons. The van der Waals surface area contributed by atoms with Crippen molar-refractivity contribution >= 4 is 11.6 Å². The van der Waals surface area contributed by atoms with Crippen LogP contribution in [-0.4, -0.2) is 32.7 Å².